The molecule has 2 aliphatic rings. The van der Waals surface area contributed by atoms with Gasteiger partial charge in [0.2, 0.25) is 0 Å². The first-order valence-corrected chi connectivity index (χ1v) is 5.84. The molecular formula is C11H22N2. The molecule has 1 saturated carbocycles. The Bertz CT molecular complexity index is 146. The van der Waals surface area contributed by atoms with Crippen molar-refractivity contribution in [2.45, 2.75) is 44.6 Å². The van der Waals surface area contributed by atoms with Gasteiger partial charge in [-0.25, -0.2) is 0 Å². The van der Waals surface area contributed by atoms with Crippen LogP contribution in [0.25, 0.3) is 0 Å². The van der Waals surface area contributed by atoms with Gasteiger partial charge in [0.05, 0.1) is 0 Å². The van der Waals surface area contributed by atoms with Crippen LogP contribution >= 0.6 is 0 Å². The van der Waals surface area contributed by atoms with Crippen LogP contribution in [0.3, 0.4) is 0 Å². The zero-order chi connectivity index (χ0) is 9.10. The first-order chi connectivity index (χ1) is 6.36. The molecule has 1 atom stereocenters. The number of rotatable bonds is 3. The van der Waals surface area contributed by atoms with E-state index in [0.717, 1.165) is 12.5 Å². The standard InChI is InChI=1S/C11H22N2/c12-11(10-5-1-2-6-10)9-13-7-3-4-8-13/h10-11H,1-9,12H2. The lowest BCUT2D eigenvalue weighted by atomic mass is 9.99. The van der Waals surface area contributed by atoms with E-state index >= 15 is 0 Å². The summed E-state index contributed by atoms with van der Waals surface area (Å²) in [5.74, 6) is 0.834. The highest BCUT2D eigenvalue weighted by Crippen LogP contribution is 2.27. The van der Waals surface area contributed by atoms with Gasteiger partial charge in [-0.15, -0.1) is 0 Å². The highest BCUT2D eigenvalue weighted by Gasteiger charge is 2.24. The molecule has 1 aliphatic carbocycles. The molecule has 1 heterocycles. The van der Waals surface area contributed by atoms with Gasteiger partial charge in [-0.2, -0.15) is 0 Å². The largest absolute Gasteiger partial charge is 0.326 e. The highest BCUT2D eigenvalue weighted by atomic mass is 15.1. The summed E-state index contributed by atoms with van der Waals surface area (Å²) in [6, 6.07) is 0.459. The predicted octanol–water partition coefficient (Wildman–Crippen LogP) is 1.60. The summed E-state index contributed by atoms with van der Waals surface area (Å²) in [6.07, 6.45) is 8.37. The molecular weight excluding hydrogens is 160 g/mol. The maximum atomic E-state index is 6.22. The Hall–Kier alpha value is -0.0800. The third-order valence-corrected chi connectivity index (χ3v) is 3.67. The highest BCUT2D eigenvalue weighted by molar-refractivity contribution is 4.81. The van der Waals surface area contributed by atoms with E-state index in [4.69, 9.17) is 5.73 Å². The number of likely N-dealkylation sites (tertiary alicyclic amines) is 1. The monoisotopic (exact) mass is 182 g/mol. The van der Waals surface area contributed by atoms with Crippen molar-refractivity contribution in [2.24, 2.45) is 11.7 Å². The van der Waals surface area contributed by atoms with Crippen LogP contribution in [-0.2, 0) is 0 Å². The van der Waals surface area contributed by atoms with Crippen molar-refractivity contribution in [3.63, 3.8) is 0 Å². The summed E-state index contributed by atoms with van der Waals surface area (Å²) >= 11 is 0. The molecule has 0 bridgehead atoms. The van der Waals surface area contributed by atoms with Crippen LogP contribution in [0.15, 0.2) is 0 Å². The molecule has 2 N–H and O–H groups in total. The van der Waals surface area contributed by atoms with Crippen molar-refractivity contribution >= 4 is 0 Å². The Morgan fingerprint density at radius 1 is 1.08 bits per heavy atom. The Kier molecular flexibility index (Phi) is 3.23. The summed E-state index contributed by atoms with van der Waals surface area (Å²) in [5.41, 5.74) is 6.22. The van der Waals surface area contributed by atoms with Gasteiger partial charge in [0.25, 0.3) is 0 Å². The molecule has 0 aromatic rings. The minimum Gasteiger partial charge on any atom is -0.326 e. The lowest BCUT2D eigenvalue weighted by Gasteiger charge is -2.24. The number of hydrogen-bond acceptors (Lipinski definition) is 2. The van der Waals surface area contributed by atoms with Gasteiger partial charge in [0, 0.05) is 12.6 Å². The molecule has 2 nitrogen and oxygen atoms in total. The fraction of sp³-hybridized carbons (Fsp3) is 1.00. The van der Waals surface area contributed by atoms with Crippen LogP contribution in [0.4, 0.5) is 0 Å². The van der Waals surface area contributed by atoms with Crippen molar-refractivity contribution in [1.82, 2.24) is 4.90 Å². The third-order valence-electron chi connectivity index (χ3n) is 3.67. The van der Waals surface area contributed by atoms with Crippen LogP contribution in [0.5, 0.6) is 0 Å². The fourth-order valence-electron chi connectivity index (χ4n) is 2.80. The summed E-state index contributed by atoms with van der Waals surface area (Å²) in [5, 5.41) is 0. The second-order valence-corrected chi connectivity index (χ2v) is 4.72. The van der Waals surface area contributed by atoms with Gasteiger partial charge in [0.15, 0.2) is 0 Å². The van der Waals surface area contributed by atoms with Gasteiger partial charge in [-0.3, -0.25) is 0 Å². The lowest BCUT2D eigenvalue weighted by Crippen LogP contribution is -2.40. The van der Waals surface area contributed by atoms with Crippen molar-refractivity contribution in [1.29, 1.82) is 0 Å². The first-order valence-electron chi connectivity index (χ1n) is 5.84. The third kappa shape index (κ3) is 2.44. The zero-order valence-corrected chi connectivity index (χ0v) is 8.54. The van der Waals surface area contributed by atoms with E-state index in [1.807, 2.05) is 0 Å². The van der Waals surface area contributed by atoms with Crippen LogP contribution in [-0.4, -0.2) is 30.6 Å². The van der Waals surface area contributed by atoms with Gasteiger partial charge >= 0.3 is 0 Å². The van der Waals surface area contributed by atoms with Gasteiger partial charge in [0.1, 0.15) is 0 Å². The Morgan fingerprint density at radius 2 is 1.69 bits per heavy atom. The van der Waals surface area contributed by atoms with Crippen molar-refractivity contribution in [2.75, 3.05) is 19.6 Å². The molecule has 0 amide bonds. The maximum absolute atomic E-state index is 6.22. The molecule has 1 saturated heterocycles. The lowest BCUT2D eigenvalue weighted by molar-refractivity contribution is 0.272. The number of nitrogens with two attached hydrogens (primary N) is 1. The van der Waals surface area contributed by atoms with Crippen LogP contribution in [0, 0.1) is 5.92 Å². The quantitative estimate of drug-likeness (QED) is 0.718. The van der Waals surface area contributed by atoms with Gasteiger partial charge < -0.3 is 10.6 Å². The van der Waals surface area contributed by atoms with E-state index in [1.54, 1.807) is 0 Å². The topological polar surface area (TPSA) is 29.3 Å². The minimum atomic E-state index is 0.459. The molecule has 2 fully saturated rings. The molecule has 0 spiro atoms. The average Bonchev–Trinajstić information content (AvgIpc) is 2.74. The average molecular weight is 182 g/mol. The molecule has 0 radical (unpaired) electrons. The first kappa shape index (κ1) is 9.47. The molecule has 13 heavy (non-hydrogen) atoms. The van der Waals surface area contributed by atoms with Crippen molar-refractivity contribution in [3.8, 4) is 0 Å². The van der Waals surface area contributed by atoms with E-state index in [0.29, 0.717) is 6.04 Å². The van der Waals surface area contributed by atoms with E-state index in [9.17, 15) is 0 Å². The summed E-state index contributed by atoms with van der Waals surface area (Å²) < 4.78 is 0. The predicted molar refractivity (Wildman–Crippen MR) is 55.6 cm³/mol. The zero-order valence-electron chi connectivity index (χ0n) is 8.54. The molecule has 1 aliphatic heterocycles. The molecule has 2 rings (SSSR count). The molecule has 2 heteroatoms. The van der Waals surface area contributed by atoms with Gasteiger partial charge in [-0.1, -0.05) is 12.8 Å². The van der Waals surface area contributed by atoms with Crippen LogP contribution in [0.2, 0.25) is 0 Å². The maximum Gasteiger partial charge on any atom is 0.0196 e. The summed E-state index contributed by atoms with van der Waals surface area (Å²) in [7, 11) is 0. The Morgan fingerprint density at radius 3 is 2.31 bits per heavy atom. The van der Waals surface area contributed by atoms with E-state index in [1.165, 1.54) is 51.6 Å². The van der Waals surface area contributed by atoms with E-state index < -0.39 is 0 Å². The Labute approximate surface area is 81.5 Å². The summed E-state index contributed by atoms with van der Waals surface area (Å²) in [4.78, 5) is 2.54. The SMILES string of the molecule is NC(CN1CCCC1)C1CCCC1. The molecule has 0 aromatic heterocycles. The van der Waals surface area contributed by atoms with Crippen LogP contribution < -0.4 is 5.73 Å². The second-order valence-electron chi connectivity index (χ2n) is 4.72. The molecule has 1 unspecified atom stereocenters. The van der Waals surface area contributed by atoms with Crippen molar-refractivity contribution in [3.05, 3.63) is 0 Å². The molecule has 76 valence electrons. The number of hydrogen-bond donors (Lipinski definition) is 1. The molecule has 0 aromatic carbocycles. The smallest absolute Gasteiger partial charge is 0.0196 e. The van der Waals surface area contributed by atoms with Crippen molar-refractivity contribution < 1.29 is 0 Å². The normalized spacial score (nSPS) is 28.4. The van der Waals surface area contributed by atoms with E-state index in [2.05, 4.69) is 4.90 Å². The van der Waals surface area contributed by atoms with Gasteiger partial charge in [-0.05, 0) is 44.7 Å². The number of nitrogens with zero attached hydrogens (tertiary/aromatic N) is 1. The second kappa shape index (κ2) is 4.43. The summed E-state index contributed by atoms with van der Waals surface area (Å²) in [6.45, 7) is 3.74. The van der Waals surface area contributed by atoms with E-state index in [-0.39, 0.29) is 0 Å². The minimum absolute atomic E-state index is 0.459. The van der Waals surface area contributed by atoms with Crippen LogP contribution in [0.1, 0.15) is 38.5 Å². The fourth-order valence-corrected chi connectivity index (χ4v) is 2.80. The Balaban J connectivity index is 1.73.